The molecule has 2 heterocycles. The molecule has 3 rings (SSSR count). The van der Waals surface area contributed by atoms with Crippen LogP contribution in [0.15, 0.2) is 48.9 Å². The molecule has 0 atom stereocenters. The van der Waals surface area contributed by atoms with E-state index in [1.54, 1.807) is 0 Å². The second-order valence-corrected chi connectivity index (χ2v) is 4.75. The molecular formula is C16H15N5O. The number of nitrogens with one attached hydrogen (secondary N) is 2. The third kappa shape index (κ3) is 2.91. The summed E-state index contributed by atoms with van der Waals surface area (Å²) in [6, 6.07) is 9.63. The molecule has 0 aliphatic carbocycles. The van der Waals surface area contributed by atoms with Gasteiger partial charge < -0.3 is 10.6 Å². The number of anilines is 1. The van der Waals surface area contributed by atoms with E-state index in [2.05, 4.69) is 25.6 Å². The third-order valence-corrected chi connectivity index (χ3v) is 3.18. The van der Waals surface area contributed by atoms with E-state index in [9.17, 15) is 4.79 Å². The number of rotatable bonds is 4. The predicted molar refractivity (Wildman–Crippen MR) is 84.5 cm³/mol. The summed E-state index contributed by atoms with van der Waals surface area (Å²) in [4.78, 5) is 24.7. The van der Waals surface area contributed by atoms with E-state index in [0.717, 1.165) is 16.6 Å². The van der Waals surface area contributed by atoms with Gasteiger partial charge in [0.2, 0.25) is 0 Å². The maximum absolute atomic E-state index is 12.2. The molecule has 0 radical (unpaired) electrons. The van der Waals surface area contributed by atoms with Crippen LogP contribution in [0.25, 0.3) is 10.9 Å². The molecule has 1 amide bonds. The summed E-state index contributed by atoms with van der Waals surface area (Å²) < 4.78 is 0. The molecule has 0 fully saturated rings. The average Bonchev–Trinajstić information content (AvgIpc) is 2.56. The van der Waals surface area contributed by atoms with Gasteiger partial charge in [-0.25, -0.2) is 9.97 Å². The second-order valence-electron chi connectivity index (χ2n) is 4.75. The van der Waals surface area contributed by atoms with Crippen molar-refractivity contribution in [3.8, 4) is 0 Å². The largest absolute Gasteiger partial charge is 0.319 e. The van der Waals surface area contributed by atoms with Gasteiger partial charge in [0.05, 0.1) is 23.1 Å². The maximum Gasteiger partial charge on any atom is 0.275 e. The van der Waals surface area contributed by atoms with E-state index < -0.39 is 0 Å². The first kappa shape index (κ1) is 14.1. The lowest BCUT2D eigenvalue weighted by Gasteiger charge is -2.09. The standard InChI is InChI=1S/C16H15N5O/c1-17-9-12-6-5-11-3-2-4-13(15(11)20-12)21-16(22)14-10-18-7-8-19-14/h2-8,10,17H,9H2,1H3,(H,21,22). The third-order valence-electron chi connectivity index (χ3n) is 3.18. The highest BCUT2D eigenvalue weighted by Gasteiger charge is 2.10. The average molecular weight is 293 g/mol. The summed E-state index contributed by atoms with van der Waals surface area (Å²) in [7, 11) is 1.87. The van der Waals surface area contributed by atoms with Crippen molar-refractivity contribution in [2.24, 2.45) is 0 Å². The number of nitrogens with zero attached hydrogens (tertiary/aromatic N) is 3. The molecule has 0 aliphatic rings. The van der Waals surface area contributed by atoms with Crippen LogP contribution in [0.4, 0.5) is 5.69 Å². The fourth-order valence-corrected chi connectivity index (χ4v) is 2.17. The number of aromatic nitrogens is 3. The number of para-hydroxylation sites is 1. The van der Waals surface area contributed by atoms with Crippen LogP contribution in [0.2, 0.25) is 0 Å². The molecule has 110 valence electrons. The Kier molecular flexibility index (Phi) is 4.02. The molecule has 0 aliphatic heterocycles. The smallest absolute Gasteiger partial charge is 0.275 e. The molecule has 6 nitrogen and oxygen atoms in total. The van der Waals surface area contributed by atoms with E-state index in [1.807, 2.05) is 37.4 Å². The summed E-state index contributed by atoms with van der Waals surface area (Å²) >= 11 is 0. The lowest BCUT2D eigenvalue weighted by atomic mass is 10.1. The summed E-state index contributed by atoms with van der Waals surface area (Å²) in [5, 5.41) is 6.88. The Labute approximate surface area is 127 Å². The summed E-state index contributed by atoms with van der Waals surface area (Å²) in [5.74, 6) is -0.304. The van der Waals surface area contributed by atoms with Gasteiger partial charge in [0, 0.05) is 24.3 Å². The summed E-state index contributed by atoms with van der Waals surface area (Å²) in [6.45, 7) is 0.669. The van der Waals surface area contributed by atoms with Gasteiger partial charge in [-0.2, -0.15) is 0 Å². The molecule has 0 spiro atoms. The number of carbonyl (C=O) groups is 1. The van der Waals surface area contributed by atoms with Crippen molar-refractivity contribution in [1.82, 2.24) is 20.3 Å². The second kappa shape index (κ2) is 6.28. The molecule has 0 unspecified atom stereocenters. The normalized spacial score (nSPS) is 10.6. The SMILES string of the molecule is CNCc1ccc2cccc(NC(=O)c3cnccn3)c2n1. The van der Waals surface area contributed by atoms with Crippen LogP contribution in [0.1, 0.15) is 16.2 Å². The molecule has 3 aromatic rings. The molecule has 2 aromatic heterocycles. The first-order chi connectivity index (χ1) is 10.8. The molecular weight excluding hydrogens is 278 g/mol. The minimum atomic E-state index is -0.304. The first-order valence-electron chi connectivity index (χ1n) is 6.88. The van der Waals surface area contributed by atoms with Crippen LogP contribution in [0.5, 0.6) is 0 Å². The highest BCUT2D eigenvalue weighted by Crippen LogP contribution is 2.22. The Balaban J connectivity index is 1.96. The number of hydrogen-bond acceptors (Lipinski definition) is 5. The van der Waals surface area contributed by atoms with Crippen molar-refractivity contribution in [2.75, 3.05) is 12.4 Å². The fraction of sp³-hybridized carbons (Fsp3) is 0.125. The van der Waals surface area contributed by atoms with E-state index in [0.29, 0.717) is 12.2 Å². The number of carbonyl (C=O) groups excluding carboxylic acids is 1. The van der Waals surface area contributed by atoms with E-state index in [1.165, 1.54) is 18.6 Å². The number of hydrogen-bond donors (Lipinski definition) is 2. The van der Waals surface area contributed by atoms with Gasteiger partial charge in [0.1, 0.15) is 5.69 Å². The minimum absolute atomic E-state index is 0.269. The highest BCUT2D eigenvalue weighted by atomic mass is 16.1. The summed E-state index contributed by atoms with van der Waals surface area (Å²) in [6.07, 6.45) is 4.45. The minimum Gasteiger partial charge on any atom is -0.319 e. The quantitative estimate of drug-likeness (QED) is 0.769. The Hall–Kier alpha value is -2.86. The monoisotopic (exact) mass is 293 g/mol. The highest BCUT2D eigenvalue weighted by molar-refractivity contribution is 6.07. The summed E-state index contributed by atoms with van der Waals surface area (Å²) in [5.41, 5.74) is 2.60. The molecule has 0 bridgehead atoms. The van der Waals surface area contributed by atoms with Gasteiger partial charge in [-0.05, 0) is 19.2 Å². The molecule has 0 saturated carbocycles. The number of benzene rings is 1. The lowest BCUT2D eigenvalue weighted by molar-refractivity contribution is 0.102. The molecule has 2 N–H and O–H groups in total. The van der Waals surface area contributed by atoms with Crippen LogP contribution in [-0.4, -0.2) is 27.9 Å². The molecule has 22 heavy (non-hydrogen) atoms. The van der Waals surface area contributed by atoms with E-state index in [4.69, 9.17) is 0 Å². The zero-order valence-corrected chi connectivity index (χ0v) is 12.1. The van der Waals surface area contributed by atoms with Gasteiger partial charge in [-0.3, -0.25) is 9.78 Å². The van der Waals surface area contributed by atoms with Crippen LogP contribution in [-0.2, 0) is 6.54 Å². The lowest BCUT2D eigenvalue weighted by Crippen LogP contribution is -2.14. The van der Waals surface area contributed by atoms with Gasteiger partial charge in [-0.1, -0.05) is 18.2 Å². The molecule has 1 aromatic carbocycles. The van der Waals surface area contributed by atoms with Crippen LogP contribution in [0.3, 0.4) is 0 Å². The van der Waals surface area contributed by atoms with Crippen molar-refractivity contribution in [1.29, 1.82) is 0 Å². The topological polar surface area (TPSA) is 79.8 Å². The van der Waals surface area contributed by atoms with Crippen LogP contribution < -0.4 is 10.6 Å². The van der Waals surface area contributed by atoms with Crippen LogP contribution >= 0.6 is 0 Å². The van der Waals surface area contributed by atoms with Crippen molar-refractivity contribution < 1.29 is 4.79 Å². The van der Waals surface area contributed by atoms with Gasteiger partial charge in [-0.15, -0.1) is 0 Å². The Morgan fingerprint density at radius 1 is 1.18 bits per heavy atom. The fourth-order valence-electron chi connectivity index (χ4n) is 2.17. The van der Waals surface area contributed by atoms with Crippen LogP contribution in [0, 0.1) is 0 Å². The number of amides is 1. The van der Waals surface area contributed by atoms with Gasteiger partial charge in [0.15, 0.2) is 0 Å². The Morgan fingerprint density at radius 3 is 2.86 bits per heavy atom. The Morgan fingerprint density at radius 2 is 2.09 bits per heavy atom. The molecule has 0 saturated heterocycles. The molecule has 6 heteroatoms. The maximum atomic E-state index is 12.2. The first-order valence-corrected chi connectivity index (χ1v) is 6.88. The van der Waals surface area contributed by atoms with E-state index in [-0.39, 0.29) is 11.6 Å². The van der Waals surface area contributed by atoms with Crippen molar-refractivity contribution in [3.63, 3.8) is 0 Å². The zero-order chi connectivity index (χ0) is 15.4. The number of fused-ring (bicyclic) bond motifs is 1. The zero-order valence-electron chi connectivity index (χ0n) is 12.1. The van der Waals surface area contributed by atoms with Gasteiger partial charge >= 0.3 is 0 Å². The van der Waals surface area contributed by atoms with Crippen molar-refractivity contribution in [3.05, 3.63) is 60.3 Å². The number of pyridine rings is 1. The Bertz CT molecular complexity index is 804. The van der Waals surface area contributed by atoms with Crippen molar-refractivity contribution in [2.45, 2.75) is 6.54 Å². The van der Waals surface area contributed by atoms with E-state index >= 15 is 0 Å². The van der Waals surface area contributed by atoms with Crippen molar-refractivity contribution >= 4 is 22.5 Å². The predicted octanol–water partition coefficient (Wildman–Crippen LogP) is 2.00. The van der Waals surface area contributed by atoms with Gasteiger partial charge in [0.25, 0.3) is 5.91 Å².